The van der Waals surface area contributed by atoms with Crippen LogP contribution in [-0.4, -0.2) is 24.0 Å². The number of carbonyl (C=O) groups excluding carboxylic acids is 2. The molecule has 4 N–H and O–H groups in total. The monoisotopic (exact) mass is 382 g/mol. The number of nitrogens with one attached hydrogen (secondary N) is 4. The molecular formula is C17H20Cl2N4O2. The van der Waals surface area contributed by atoms with Gasteiger partial charge in [0.05, 0.1) is 15.7 Å². The first-order chi connectivity index (χ1) is 11.6. The van der Waals surface area contributed by atoms with Crippen molar-refractivity contribution in [3.8, 4) is 0 Å². The predicted octanol–water partition coefficient (Wildman–Crippen LogP) is 4.62. The van der Waals surface area contributed by atoms with Crippen molar-refractivity contribution >= 4 is 46.5 Å². The molecule has 134 valence electrons. The molecule has 2 rings (SSSR count). The van der Waals surface area contributed by atoms with Gasteiger partial charge >= 0.3 is 6.03 Å². The Morgan fingerprint density at radius 2 is 1.72 bits per heavy atom. The maximum Gasteiger partial charge on any atom is 0.323 e. The molecule has 0 fully saturated rings. The smallest absolute Gasteiger partial charge is 0.323 e. The fourth-order valence-electron chi connectivity index (χ4n) is 2.12. The Labute approximate surface area is 156 Å². The number of aromatic amines is 1. The Morgan fingerprint density at radius 1 is 1.04 bits per heavy atom. The van der Waals surface area contributed by atoms with E-state index in [1.807, 2.05) is 20.8 Å². The SMILES string of the molecule is CNC(=O)c1[nH]c(C(C)(C)C)cc1NC(=O)Nc1ccc(Cl)c(Cl)c1. The number of benzene rings is 1. The van der Waals surface area contributed by atoms with Gasteiger partial charge in [-0.25, -0.2) is 4.79 Å². The lowest BCUT2D eigenvalue weighted by atomic mass is 9.92. The van der Waals surface area contributed by atoms with Crippen LogP contribution >= 0.6 is 23.2 Å². The first-order valence-corrected chi connectivity index (χ1v) is 8.36. The van der Waals surface area contributed by atoms with Crippen LogP contribution in [0.1, 0.15) is 37.0 Å². The number of H-pyrrole nitrogens is 1. The highest BCUT2D eigenvalue weighted by molar-refractivity contribution is 6.42. The predicted molar refractivity (Wildman–Crippen MR) is 102 cm³/mol. The number of aromatic nitrogens is 1. The number of urea groups is 1. The molecule has 0 aliphatic heterocycles. The van der Waals surface area contributed by atoms with Gasteiger partial charge in [0.1, 0.15) is 5.69 Å². The topological polar surface area (TPSA) is 86.0 Å². The van der Waals surface area contributed by atoms with Gasteiger partial charge in [-0.2, -0.15) is 0 Å². The molecule has 0 aliphatic carbocycles. The highest BCUT2D eigenvalue weighted by Gasteiger charge is 2.22. The molecule has 2 aromatic rings. The molecule has 0 bridgehead atoms. The van der Waals surface area contributed by atoms with E-state index >= 15 is 0 Å². The van der Waals surface area contributed by atoms with Crippen molar-refractivity contribution in [3.05, 3.63) is 45.7 Å². The van der Waals surface area contributed by atoms with Gasteiger partial charge in [-0.1, -0.05) is 44.0 Å². The van der Waals surface area contributed by atoms with Crippen molar-refractivity contribution in [1.29, 1.82) is 0 Å². The molecule has 1 aromatic heterocycles. The zero-order valence-electron chi connectivity index (χ0n) is 14.4. The van der Waals surface area contributed by atoms with Crippen molar-refractivity contribution in [3.63, 3.8) is 0 Å². The molecule has 6 nitrogen and oxygen atoms in total. The molecule has 0 aliphatic rings. The van der Waals surface area contributed by atoms with Crippen LogP contribution in [0.3, 0.4) is 0 Å². The van der Waals surface area contributed by atoms with Crippen LogP contribution in [0.15, 0.2) is 24.3 Å². The summed E-state index contributed by atoms with van der Waals surface area (Å²) in [6.45, 7) is 6.02. The third kappa shape index (κ3) is 4.67. The summed E-state index contributed by atoms with van der Waals surface area (Å²) >= 11 is 11.8. The van der Waals surface area contributed by atoms with Gasteiger partial charge in [-0.3, -0.25) is 4.79 Å². The minimum atomic E-state index is -0.497. The van der Waals surface area contributed by atoms with E-state index in [9.17, 15) is 9.59 Å². The fourth-order valence-corrected chi connectivity index (χ4v) is 2.42. The van der Waals surface area contributed by atoms with E-state index < -0.39 is 6.03 Å². The van der Waals surface area contributed by atoms with Gasteiger partial charge in [0.25, 0.3) is 5.91 Å². The van der Waals surface area contributed by atoms with Gasteiger partial charge in [0, 0.05) is 23.8 Å². The lowest BCUT2D eigenvalue weighted by Gasteiger charge is -2.15. The molecule has 0 saturated carbocycles. The van der Waals surface area contributed by atoms with E-state index in [-0.39, 0.29) is 17.0 Å². The molecule has 0 spiro atoms. The van der Waals surface area contributed by atoms with E-state index in [0.717, 1.165) is 5.69 Å². The molecule has 0 atom stereocenters. The van der Waals surface area contributed by atoms with Crippen LogP contribution in [0.5, 0.6) is 0 Å². The summed E-state index contributed by atoms with van der Waals surface area (Å²) in [6, 6.07) is 6.01. The van der Waals surface area contributed by atoms with Gasteiger partial charge in [-0.05, 0) is 24.3 Å². The van der Waals surface area contributed by atoms with Gasteiger partial charge in [0.15, 0.2) is 0 Å². The van der Waals surface area contributed by atoms with E-state index in [2.05, 4.69) is 20.9 Å². The molecule has 0 radical (unpaired) electrons. The number of carbonyl (C=O) groups is 2. The van der Waals surface area contributed by atoms with Gasteiger partial charge < -0.3 is 20.9 Å². The molecule has 3 amide bonds. The highest BCUT2D eigenvalue weighted by atomic mass is 35.5. The van der Waals surface area contributed by atoms with Crippen molar-refractivity contribution in [1.82, 2.24) is 10.3 Å². The maximum absolute atomic E-state index is 12.3. The van der Waals surface area contributed by atoms with Crippen molar-refractivity contribution in [2.45, 2.75) is 26.2 Å². The van der Waals surface area contributed by atoms with Crippen LogP contribution in [0, 0.1) is 0 Å². The Bertz CT molecular complexity index is 809. The van der Waals surface area contributed by atoms with E-state index in [1.165, 1.54) is 7.05 Å². The average molecular weight is 383 g/mol. The summed E-state index contributed by atoms with van der Waals surface area (Å²) in [5, 5.41) is 8.62. The fraction of sp³-hybridized carbons (Fsp3) is 0.294. The molecule has 8 heteroatoms. The second-order valence-corrected chi connectivity index (χ2v) is 7.32. The third-order valence-electron chi connectivity index (χ3n) is 3.51. The zero-order valence-corrected chi connectivity index (χ0v) is 15.9. The number of halogens is 2. The lowest BCUT2D eigenvalue weighted by molar-refractivity contribution is 0.0959. The van der Waals surface area contributed by atoms with Crippen LogP contribution in [0.2, 0.25) is 10.0 Å². The normalized spacial score (nSPS) is 11.1. The molecular weight excluding hydrogens is 363 g/mol. The Morgan fingerprint density at radius 3 is 2.28 bits per heavy atom. The van der Waals surface area contributed by atoms with E-state index in [1.54, 1.807) is 24.3 Å². The molecule has 1 heterocycles. The second-order valence-electron chi connectivity index (χ2n) is 6.51. The summed E-state index contributed by atoms with van der Waals surface area (Å²) in [5.74, 6) is -0.319. The highest BCUT2D eigenvalue weighted by Crippen LogP contribution is 2.28. The van der Waals surface area contributed by atoms with Crippen LogP contribution in [-0.2, 0) is 5.41 Å². The number of amides is 3. The first kappa shape index (κ1) is 19.1. The molecule has 25 heavy (non-hydrogen) atoms. The molecule has 1 aromatic carbocycles. The first-order valence-electron chi connectivity index (χ1n) is 7.60. The lowest BCUT2D eigenvalue weighted by Crippen LogP contribution is -2.23. The van der Waals surface area contributed by atoms with E-state index in [4.69, 9.17) is 23.2 Å². The third-order valence-corrected chi connectivity index (χ3v) is 4.24. The quantitative estimate of drug-likeness (QED) is 0.623. The van der Waals surface area contributed by atoms with Crippen molar-refractivity contribution < 1.29 is 9.59 Å². The average Bonchev–Trinajstić information content (AvgIpc) is 2.94. The van der Waals surface area contributed by atoms with Crippen LogP contribution < -0.4 is 16.0 Å². The minimum Gasteiger partial charge on any atom is -0.354 e. The zero-order chi connectivity index (χ0) is 18.8. The Balaban J connectivity index is 2.22. The van der Waals surface area contributed by atoms with Crippen molar-refractivity contribution in [2.24, 2.45) is 0 Å². The second kappa shape index (κ2) is 7.37. The van der Waals surface area contributed by atoms with Crippen molar-refractivity contribution in [2.75, 3.05) is 17.7 Å². The van der Waals surface area contributed by atoms with Gasteiger partial charge in [-0.15, -0.1) is 0 Å². The van der Waals surface area contributed by atoms with Gasteiger partial charge in [0.2, 0.25) is 0 Å². The van der Waals surface area contributed by atoms with E-state index in [0.29, 0.717) is 21.4 Å². The number of hydrogen-bond acceptors (Lipinski definition) is 2. The summed E-state index contributed by atoms with van der Waals surface area (Å²) in [5.41, 5.74) is 1.79. The van der Waals surface area contributed by atoms with Crippen LogP contribution in [0.25, 0.3) is 0 Å². The Kier molecular flexibility index (Phi) is 5.65. The number of hydrogen-bond donors (Lipinski definition) is 4. The standard InChI is InChI=1S/C17H20Cl2N4O2/c1-17(2,3)13-8-12(14(23-13)15(24)20-4)22-16(25)21-9-5-6-10(18)11(19)7-9/h5-8,23H,1-4H3,(H,20,24)(H2,21,22,25). The Hall–Kier alpha value is -2.18. The molecule has 0 saturated heterocycles. The number of anilines is 2. The van der Waals surface area contributed by atoms with Crippen LogP contribution in [0.4, 0.5) is 16.2 Å². The summed E-state index contributed by atoms with van der Waals surface area (Å²) in [7, 11) is 1.53. The molecule has 0 unspecified atom stereocenters. The largest absolute Gasteiger partial charge is 0.354 e. The number of rotatable bonds is 3. The summed E-state index contributed by atoms with van der Waals surface area (Å²) in [6.07, 6.45) is 0. The summed E-state index contributed by atoms with van der Waals surface area (Å²) < 4.78 is 0. The minimum absolute atomic E-state index is 0.205. The maximum atomic E-state index is 12.3. The summed E-state index contributed by atoms with van der Waals surface area (Å²) in [4.78, 5) is 27.4.